The predicted octanol–water partition coefficient (Wildman–Crippen LogP) is 2.31. The van der Waals surface area contributed by atoms with Crippen molar-refractivity contribution in [1.82, 2.24) is 0 Å². The van der Waals surface area contributed by atoms with E-state index in [1.54, 1.807) is 6.92 Å². The molecule has 1 aliphatic rings. The normalized spacial score (nSPS) is 31.6. The molecule has 0 bridgehead atoms. The summed E-state index contributed by atoms with van der Waals surface area (Å²) in [5.41, 5.74) is -0.592. The van der Waals surface area contributed by atoms with Crippen molar-refractivity contribution in [1.29, 1.82) is 0 Å². The van der Waals surface area contributed by atoms with Crippen LogP contribution in [0.3, 0.4) is 0 Å². The predicted molar refractivity (Wildman–Crippen MR) is 63.3 cm³/mol. The Morgan fingerprint density at radius 3 is 2.12 bits per heavy atom. The minimum Gasteiger partial charge on any atom is -0.433 e. The number of Topliss-reactive ketones (excluding diaryl/α,β-unsaturated/α-hetero) is 1. The van der Waals surface area contributed by atoms with Crippen molar-refractivity contribution in [2.45, 2.75) is 59.4 Å². The van der Waals surface area contributed by atoms with E-state index in [4.69, 9.17) is 9.47 Å². The number of rotatable bonds is 3. The summed E-state index contributed by atoms with van der Waals surface area (Å²) in [4.78, 5) is 22.8. The zero-order valence-corrected chi connectivity index (χ0v) is 11.5. The Kier molecular flexibility index (Phi) is 3.67. The standard InChI is InChI=1S/C13H22O4/c1-8(2)13(16-10(4)15)7-11(9(3)14)12(5,6)17-13/h8,11H,7H2,1-6H3. The minimum absolute atomic E-state index is 0.00928. The third-order valence-corrected chi connectivity index (χ3v) is 3.45. The van der Waals surface area contributed by atoms with Crippen LogP contribution in [-0.2, 0) is 19.1 Å². The molecule has 0 spiro atoms. The van der Waals surface area contributed by atoms with Crippen LogP contribution in [0.25, 0.3) is 0 Å². The molecule has 4 nitrogen and oxygen atoms in total. The largest absolute Gasteiger partial charge is 0.433 e. The zero-order valence-electron chi connectivity index (χ0n) is 11.5. The van der Waals surface area contributed by atoms with Crippen molar-refractivity contribution in [3.63, 3.8) is 0 Å². The van der Waals surface area contributed by atoms with Crippen LogP contribution in [0.1, 0.15) is 48.0 Å². The van der Waals surface area contributed by atoms with Gasteiger partial charge in [0.1, 0.15) is 5.78 Å². The van der Waals surface area contributed by atoms with E-state index in [9.17, 15) is 9.59 Å². The van der Waals surface area contributed by atoms with Gasteiger partial charge in [0, 0.05) is 19.3 Å². The molecule has 17 heavy (non-hydrogen) atoms. The molecule has 98 valence electrons. The summed E-state index contributed by atoms with van der Waals surface area (Å²) in [6.07, 6.45) is 0.437. The summed E-state index contributed by atoms with van der Waals surface area (Å²) in [5.74, 6) is -1.49. The average Bonchev–Trinajstić information content (AvgIpc) is 2.37. The van der Waals surface area contributed by atoms with Gasteiger partial charge in [-0.2, -0.15) is 0 Å². The van der Waals surface area contributed by atoms with Gasteiger partial charge in [0.25, 0.3) is 0 Å². The van der Waals surface area contributed by atoms with Gasteiger partial charge in [0.05, 0.1) is 11.5 Å². The van der Waals surface area contributed by atoms with Gasteiger partial charge >= 0.3 is 5.97 Å². The highest BCUT2D eigenvalue weighted by Gasteiger charge is 2.56. The summed E-state index contributed by atoms with van der Waals surface area (Å²) in [6, 6.07) is 0. The first-order valence-corrected chi connectivity index (χ1v) is 6.01. The molecule has 2 atom stereocenters. The lowest BCUT2D eigenvalue weighted by Crippen LogP contribution is -2.41. The van der Waals surface area contributed by atoms with Gasteiger partial charge in [0.2, 0.25) is 5.79 Å². The lowest BCUT2D eigenvalue weighted by molar-refractivity contribution is -0.256. The van der Waals surface area contributed by atoms with E-state index in [-0.39, 0.29) is 23.6 Å². The van der Waals surface area contributed by atoms with Crippen molar-refractivity contribution in [3.8, 4) is 0 Å². The maximum atomic E-state index is 11.6. The van der Waals surface area contributed by atoms with Crippen molar-refractivity contribution in [2.75, 3.05) is 0 Å². The number of hydrogen-bond donors (Lipinski definition) is 0. The highest BCUT2D eigenvalue weighted by molar-refractivity contribution is 5.80. The van der Waals surface area contributed by atoms with E-state index >= 15 is 0 Å². The Bertz CT molecular complexity index is 332. The van der Waals surface area contributed by atoms with Crippen LogP contribution < -0.4 is 0 Å². The molecule has 0 aliphatic carbocycles. The molecule has 0 radical (unpaired) electrons. The van der Waals surface area contributed by atoms with Gasteiger partial charge in [0.15, 0.2) is 0 Å². The quantitative estimate of drug-likeness (QED) is 0.713. The van der Waals surface area contributed by atoms with E-state index in [0.717, 1.165) is 0 Å². The van der Waals surface area contributed by atoms with Gasteiger partial charge in [-0.1, -0.05) is 13.8 Å². The number of esters is 1. The molecule has 0 amide bonds. The molecule has 0 aromatic carbocycles. The van der Waals surface area contributed by atoms with Gasteiger partial charge in [-0.05, 0) is 20.8 Å². The smallest absolute Gasteiger partial charge is 0.305 e. The average molecular weight is 242 g/mol. The van der Waals surface area contributed by atoms with Crippen LogP contribution in [-0.4, -0.2) is 23.1 Å². The fourth-order valence-corrected chi connectivity index (χ4v) is 2.50. The van der Waals surface area contributed by atoms with E-state index in [2.05, 4.69) is 0 Å². The first-order chi connectivity index (χ1) is 7.61. The molecule has 2 unspecified atom stereocenters. The summed E-state index contributed by atoms with van der Waals surface area (Å²) < 4.78 is 11.3. The second-order valence-electron chi connectivity index (χ2n) is 5.63. The van der Waals surface area contributed by atoms with Gasteiger partial charge < -0.3 is 9.47 Å². The number of carbonyl (C=O) groups is 2. The molecule has 0 N–H and O–H groups in total. The van der Waals surface area contributed by atoms with E-state index in [1.807, 2.05) is 27.7 Å². The van der Waals surface area contributed by atoms with Crippen LogP contribution in [0.15, 0.2) is 0 Å². The van der Waals surface area contributed by atoms with Crippen LogP contribution in [0.4, 0.5) is 0 Å². The fourth-order valence-electron chi connectivity index (χ4n) is 2.50. The molecular weight excluding hydrogens is 220 g/mol. The molecule has 1 aliphatic heterocycles. The third kappa shape index (κ3) is 2.68. The minimum atomic E-state index is -0.967. The van der Waals surface area contributed by atoms with E-state index in [0.29, 0.717) is 6.42 Å². The summed E-state index contributed by atoms with van der Waals surface area (Å²) >= 11 is 0. The third-order valence-electron chi connectivity index (χ3n) is 3.45. The number of carbonyl (C=O) groups excluding carboxylic acids is 2. The molecule has 1 saturated heterocycles. The number of ketones is 1. The Morgan fingerprint density at radius 2 is 1.82 bits per heavy atom. The summed E-state index contributed by atoms with van der Waals surface area (Å²) in [5, 5.41) is 0. The summed E-state index contributed by atoms with van der Waals surface area (Å²) in [6.45, 7) is 10.5. The first kappa shape index (κ1) is 14.2. The second-order valence-corrected chi connectivity index (χ2v) is 5.63. The number of hydrogen-bond acceptors (Lipinski definition) is 4. The Morgan fingerprint density at radius 1 is 1.29 bits per heavy atom. The molecule has 4 heteroatoms. The number of ether oxygens (including phenoxy) is 2. The van der Waals surface area contributed by atoms with Crippen molar-refractivity contribution >= 4 is 11.8 Å². The first-order valence-electron chi connectivity index (χ1n) is 6.01. The Labute approximate surface area is 103 Å². The molecule has 0 saturated carbocycles. The fraction of sp³-hybridized carbons (Fsp3) is 0.846. The Hall–Kier alpha value is -0.900. The van der Waals surface area contributed by atoms with Crippen LogP contribution >= 0.6 is 0 Å². The SMILES string of the molecule is CC(=O)OC1(C(C)C)CC(C(C)=O)C(C)(C)O1. The monoisotopic (exact) mass is 242 g/mol. The molecule has 0 aromatic heterocycles. The van der Waals surface area contributed by atoms with Crippen LogP contribution in [0, 0.1) is 11.8 Å². The van der Waals surface area contributed by atoms with Gasteiger partial charge in [-0.15, -0.1) is 0 Å². The lowest BCUT2D eigenvalue weighted by Gasteiger charge is -2.34. The molecule has 1 fully saturated rings. The van der Waals surface area contributed by atoms with Crippen LogP contribution in [0.2, 0.25) is 0 Å². The Balaban J connectivity index is 3.05. The van der Waals surface area contributed by atoms with Gasteiger partial charge in [-0.3, -0.25) is 9.59 Å². The van der Waals surface area contributed by atoms with Crippen molar-refractivity contribution < 1.29 is 19.1 Å². The van der Waals surface area contributed by atoms with Crippen LogP contribution in [0.5, 0.6) is 0 Å². The van der Waals surface area contributed by atoms with Crippen molar-refractivity contribution in [2.24, 2.45) is 11.8 Å². The molecule has 0 aromatic rings. The molecule has 1 rings (SSSR count). The highest BCUT2D eigenvalue weighted by atomic mass is 16.7. The maximum Gasteiger partial charge on any atom is 0.305 e. The highest BCUT2D eigenvalue weighted by Crippen LogP contribution is 2.47. The zero-order chi connectivity index (χ0) is 13.4. The lowest BCUT2D eigenvalue weighted by atomic mass is 9.84. The maximum absolute atomic E-state index is 11.6. The van der Waals surface area contributed by atoms with Crippen molar-refractivity contribution in [3.05, 3.63) is 0 Å². The van der Waals surface area contributed by atoms with E-state index < -0.39 is 11.4 Å². The molecule has 1 heterocycles. The summed E-state index contributed by atoms with van der Waals surface area (Å²) in [7, 11) is 0. The van der Waals surface area contributed by atoms with E-state index in [1.165, 1.54) is 6.92 Å². The second kappa shape index (κ2) is 4.41. The molecular formula is C13H22O4. The topological polar surface area (TPSA) is 52.6 Å². The van der Waals surface area contributed by atoms with Gasteiger partial charge in [-0.25, -0.2) is 0 Å².